The molecule has 1 aliphatic heterocycles. The lowest BCUT2D eigenvalue weighted by Crippen LogP contribution is -2.51. The van der Waals surface area contributed by atoms with E-state index in [0.717, 1.165) is 41.3 Å². The number of ether oxygens (including phenoxy) is 1. The van der Waals surface area contributed by atoms with Gasteiger partial charge in [-0.1, -0.05) is 56.5 Å². The number of anilines is 1. The molecule has 0 unspecified atom stereocenters. The normalized spacial score (nSPS) is 18.4. The standard InChI is InChI=1S/C31H40N4O5S/c1-3-23-20-35-14-15-41(38,39)34(2)28-18-24(17-26(23)30(28)35)31(37)33-27(16-22-10-6-4-7-11-22)29(40-21-36)19-32-25-12-8-5-9-13-25/h4,6-7,10-11,17-18,20-21,25,27,29,32H,3,5,8-9,12-16,19H2,1-2H3,(H,33,37)/t27-,29+/m0/s1. The van der Waals surface area contributed by atoms with Gasteiger partial charge in [-0.2, -0.15) is 0 Å². The maximum absolute atomic E-state index is 13.9. The van der Waals surface area contributed by atoms with Crippen LogP contribution in [0.4, 0.5) is 5.69 Å². The molecule has 2 atom stereocenters. The average molecular weight is 581 g/mol. The van der Waals surface area contributed by atoms with Gasteiger partial charge in [-0.3, -0.25) is 13.9 Å². The number of hydrogen-bond acceptors (Lipinski definition) is 6. The summed E-state index contributed by atoms with van der Waals surface area (Å²) in [6.45, 7) is 3.29. The topological polar surface area (TPSA) is 110 Å². The van der Waals surface area contributed by atoms with Gasteiger partial charge in [0.15, 0.2) is 0 Å². The minimum Gasteiger partial charge on any atom is -0.461 e. The molecule has 1 aliphatic carbocycles. The monoisotopic (exact) mass is 580 g/mol. The van der Waals surface area contributed by atoms with Gasteiger partial charge in [0, 0.05) is 43.3 Å². The summed E-state index contributed by atoms with van der Waals surface area (Å²) in [5.74, 6) is -0.351. The quantitative estimate of drug-likeness (QED) is 0.334. The summed E-state index contributed by atoms with van der Waals surface area (Å²) in [6.07, 6.45) is 8.40. The highest BCUT2D eigenvalue weighted by molar-refractivity contribution is 7.92. The molecule has 5 rings (SSSR count). The van der Waals surface area contributed by atoms with Crippen molar-refractivity contribution >= 4 is 39.0 Å². The number of carbonyl (C=O) groups excluding carboxylic acids is 2. The molecule has 10 heteroatoms. The summed E-state index contributed by atoms with van der Waals surface area (Å²) in [7, 11) is -1.99. The van der Waals surface area contributed by atoms with Crippen molar-refractivity contribution in [3.8, 4) is 0 Å². The van der Waals surface area contributed by atoms with Crippen LogP contribution in [-0.2, 0) is 38.9 Å². The Morgan fingerprint density at radius 3 is 2.61 bits per heavy atom. The van der Waals surface area contributed by atoms with Crippen LogP contribution in [0, 0.1) is 0 Å². The van der Waals surface area contributed by atoms with E-state index in [1.54, 1.807) is 13.1 Å². The molecule has 41 heavy (non-hydrogen) atoms. The van der Waals surface area contributed by atoms with Crippen molar-refractivity contribution in [3.05, 3.63) is 65.4 Å². The number of sulfonamides is 1. The molecule has 1 amide bonds. The molecular weight excluding hydrogens is 540 g/mol. The maximum Gasteiger partial charge on any atom is 0.293 e. The first-order chi connectivity index (χ1) is 19.8. The fraction of sp³-hybridized carbons (Fsp3) is 0.484. The highest BCUT2D eigenvalue weighted by atomic mass is 32.2. The van der Waals surface area contributed by atoms with Gasteiger partial charge in [-0.15, -0.1) is 0 Å². The second-order valence-electron chi connectivity index (χ2n) is 11.2. The van der Waals surface area contributed by atoms with Crippen molar-refractivity contribution in [1.29, 1.82) is 0 Å². The molecule has 0 saturated heterocycles. The molecule has 2 aliphatic rings. The van der Waals surface area contributed by atoms with Gasteiger partial charge in [0.25, 0.3) is 12.4 Å². The zero-order valence-electron chi connectivity index (χ0n) is 23.8. The predicted molar refractivity (Wildman–Crippen MR) is 161 cm³/mol. The van der Waals surface area contributed by atoms with Gasteiger partial charge < -0.3 is 19.9 Å². The van der Waals surface area contributed by atoms with E-state index >= 15 is 0 Å². The lowest BCUT2D eigenvalue weighted by atomic mass is 9.94. The van der Waals surface area contributed by atoms with E-state index in [0.29, 0.717) is 43.3 Å². The molecule has 0 bridgehead atoms. The van der Waals surface area contributed by atoms with E-state index in [4.69, 9.17) is 4.74 Å². The fourth-order valence-corrected chi connectivity index (χ4v) is 7.30. The zero-order valence-corrected chi connectivity index (χ0v) is 24.7. The molecule has 220 valence electrons. The van der Waals surface area contributed by atoms with Crippen molar-refractivity contribution in [2.45, 2.75) is 76.6 Å². The molecule has 2 N–H and O–H groups in total. The number of benzene rings is 2. The second kappa shape index (κ2) is 12.7. The molecule has 2 heterocycles. The molecule has 3 aromatic rings. The van der Waals surface area contributed by atoms with Crippen LogP contribution < -0.4 is 14.9 Å². The largest absolute Gasteiger partial charge is 0.461 e. The minimum atomic E-state index is -3.53. The summed E-state index contributed by atoms with van der Waals surface area (Å²) in [4.78, 5) is 25.5. The molecule has 0 spiro atoms. The Bertz CT molecular complexity index is 1480. The first-order valence-corrected chi connectivity index (χ1v) is 16.2. The van der Waals surface area contributed by atoms with Crippen LogP contribution in [0.15, 0.2) is 48.7 Å². The summed E-state index contributed by atoms with van der Waals surface area (Å²) in [5, 5.41) is 7.58. The number of aryl methyl sites for hydroxylation is 2. The van der Waals surface area contributed by atoms with Gasteiger partial charge in [0.05, 0.1) is 23.0 Å². The number of nitrogens with one attached hydrogen (secondary N) is 2. The first kappa shape index (κ1) is 29.1. The van der Waals surface area contributed by atoms with Crippen molar-refractivity contribution < 1.29 is 22.7 Å². The molecule has 1 fully saturated rings. The number of carbonyl (C=O) groups is 2. The summed E-state index contributed by atoms with van der Waals surface area (Å²) in [5.41, 5.74) is 3.74. The number of hydrogen-bond donors (Lipinski definition) is 2. The number of rotatable bonds is 11. The van der Waals surface area contributed by atoms with Gasteiger partial charge in [0.2, 0.25) is 10.0 Å². The van der Waals surface area contributed by atoms with Crippen LogP contribution in [0.3, 0.4) is 0 Å². The molecular formula is C31H40N4O5S. The highest BCUT2D eigenvalue weighted by Gasteiger charge is 2.30. The van der Waals surface area contributed by atoms with Crippen LogP contribution in [0.1, 0.15) is 60.5 Å². The third kappa shape index (κ3) is 6.43. The molecule has 9 nitrogen and oxygen atoms in total. The number of amides is 1. The number of nitrogens with zero attached hydrogens (tertiary/aromatic N) is 2. The summed E-state index contributed by atoms with van der Waals surface area (Å²) < 4.78 is 34.7. The molecule has 1 saturated carbocycles. The highest BCUT2D eigenvalue weighted by Crippen LogP contribution is 2.35. The van der Waals surface area contributed by atoms with Crippen LogP contribution in [0.25, 0.3) is 10.9 Å². The van der Waals surface area contributed by atoms with Crippen molar-refractivity contribution in [2.75, 3.05) is 23.7 Å². The summed E-state index contributed by atoms with van der Waals surface area (Å²) >= 11 is 0. The van der Waals surface area contributed by atoms with Gasteiger partial charge in [-0.05, 0) is 48.9 Å². The Morgan fingerprint density at radius 2 is 1.90 bits per heavy atom. The van der Waals surface area contributed by atoms with E-state index in [2.05, 4.69) is 10.6 Å². The van der Waals surface area contributed by atoms with Crippen LogP contribution in [-0.4, -0.2) is 62.9 Å². The maximum atomic E-state index is 13.9. The average Bonchev–Trinajstić information content (AvgIpc) is 3.31. The molecule has 1 aromatic heterocycles. The number of aromatic nitrogens is 1. The van der Waals surface area contributed by atoms with Crippen LogP contribution >= 0.6 is 0 Å². The van der Waals surface area contributed by atoms with Crippen molar-refractivity contribution in [3.63, 3.8) is 0 Å². The summed E-state index contributed by atoms with van der Waals surface area (Å²) in [6, 6.07) is 13.2. The Kier molecular flexibility index (Phi) is 8.99. The van der Waals surface area contributed by atoms with Crippen LogP contribution in [0.2, 0.25) is 0 Å². The predicted octanol–water partition coefficient (Wildman–Crippen LogP) is 3.79. The lowest BCUT2D eigenvalue weighted by Gasteiger charge is -2.30. The van der Waals surface area contributed by atoms with Crippen LogP contribution in [0.5, 0.6) is 0 Å². The minimum absolute atomic E-state index is 0.00942. The van der Waals surface area contributed by atoms with Crippen molar-refractivity contribution in [1.82, 2.24) is 15.2 Å². The molecule has 2 aromatic carbocycles. The van der Waals surface area contributed by atoms with Gasteiger partial charge in [-0.25, -0.2) is 8.42 Å². The second-order valence-corrected chi connectivity index (χ2v) is 13.3. The molecule has 0 radical (unpaired) electrons. The Hall–Kier alpha value is -3.37. The first-order valence-electron chi connectivity index (χ1n) is 14.6. The zero-order chi connectivity index (χ0) is 29.0. The SMILES string of the molecule is CCc1cn2c3c(cc(C(=O)N[C@@H](Cc4ccccc4)[C@@H](CNC4CCCCC4)OC=O)cc13)N(C)S(=O)(=O)CC2. The van der Waals surface area contributed by atoms with E-state index < -0.39 is 22.2 Å². The third-order valence-electron chi connectivity index (χ3n) is 8.53. The Labute approximate surface area is 242 Å². The van der Waals surface area contributed by atoms with Gasteiger partial charge in [0.1, 0.15) is 6.10 Å². The van der Waals surface area contributed by atoms with E-state index in [-0.39, 0.29) is 11.7 Å². The van der Waals surface area contributed by atoms with E-state index in [1.165, 1.54) is 23.6 Å². The Balaban J connectivity index is 1.47. The lowest BCUT2D eigenvalue weighted by molar-refractivity contribution is -0.134. The van der Waals surface area contributed by atoms with E-state index in [9.17, 15) is 18.0 Å². The van der Waals surface area contributed by atoms with E-state index in [1.807, 2.05) is 54.1 Å². The Morgan fingerprint density at radius 1 is 1.15 bits per heavy atom. The van der Waals surface area contributed by atoms with Gasteiger partial charge >= 0.3 is 0 Å². The smallest absolute Gasteiger partial charge is 0.293 e. The fourth-order valence-electron chi connectivity index (χ4n) is 6.16. The third-order valence-corrected chi connectivity index (χ3v) is 10.3. The van der Waals surface area contributed by atoms with Crippen molar-refractivity contribution in [2.24, 2.45) is 0 Å².